The van der Waals surface area contributed by atoms with Crippen LogP contribution in [0.3, 0.4) is 0 Å². The number of anilines is 2. The molecule has 2 heterocycles. The van der Waals surface area contributed by atoms with E-state index in [4.69, 9.17) is 4.74 Å². The van der Waals surface area contributed by atoms with Crippen LogP contribution >= 0.6 is 0 Å². The predicted molar refractivity (Wildman–Crippen MR) is 98.3 cm³/mol. The lowest BCUT2D eigenvalue weighted by Gasteiger charge is -2.22. The monoisotopic (exact) mass is 361 g/mol. The molecule has 0 saturated carbocycles. The van der Waals surface area contributed by atoms with E-state index in [2.05, 4.69) is 10.3 Å². The standard InChI is InChI=1S/C18H23N3O3S/c1-2-21(15-7-4-3-5-8-15)25(22,23)17-10-11-18(20-14-17)19-13-16-9-6-12-24-16/h3-5,7-8,10-11,14,16H,2,6,9,12-13H2,1H3,(H,19,20)/t16-/m1/s1. The number of benzene rings is 1. The van der Waals surface area contributed by atoms with E-state index in [1.54, 1.807) is 24.3 Å². The van der Waals surface area contributed by atoms with Crippen molar-refractivity contribution in [2.24, 2.45) is 0 Å². The second-order valence-electron chi connectivity index (χ2n) is 5.90. The number of hydrogen-bond donors (Lipinski definition) is 1. The summed E-state index contributed by atoms with van der Waals surface area (Å²) in [7, 11) is -3.63. The second kappa shape index (κ2) is 7.84. The third-order valence-corrected chi connectivity index (χ3v) is 6.08. The van der Waals surface area contributed by atoms with Gasteiger partial charge in [0.2, 0.25) is 0 Å². The van der Waals surface area contributed by atoms with E-state index in [0.717, 1.165) is 19.4 Å². The molecular formula is C18H23N3O3S. The maximum Gasteiger partial charge on any atom is 0.265 e. The van der Waals surface area contributed by atoms with Gasteiger partial charge in [-0.1, -0.05) is 18.2 Å². The van der Waals surface area contributed by atoms with Crippen LogP contribution in [0.15, 0.2) is 53.6 Å². The van der Waals surface area contributed by atoms with Crippen molar-refractivity contribution in [1.29, 1.82) is 0 Å². The van der Waals surface area contributed by atoms with Gasteiger partial charge in [-0.05, 0) is 44.0 Å². The second-order valence-corrected chi connectivity index (χ2v) is 7.76. The van der Waals surface area contributed by atoms with Crippen LogP contribution in [0.5, 0.6) is 0 Å². The van der Waals surface area contributed by atoms with Gasteiger partial charge in [-0.2, -0.15) is 0 Å². The molecule has 2 aromatic rings. The fourth-order valence-corrected chi connectivity index (χ4v) is 4.29. The van der Waals surface area contributed by atoms with Crippen LogP contribution in [-0.2, 0) is 14.8 Å². The molecule has 6 nitrogen and oxygen atoms in total. The molecule has 1 N–H and O–H groups in total. The van der Waals surface area contributed by atoms with Crippen molar-refractivity contribution >= 4 is 21.5 Å². The Morgan fingerprint density at radius 2 is 2.04 bits per heavy atom. The van der Waals surface area contributed by atoms with Gasteiger partial charge in [-0.3, -0.25) is 4.31 Å². The van der Waals surface area contributed by atoms with Crippen LogP contribution in [0.2, 0.25) is 0 Å². The highest BCUT2D eigenvalue weighted by molar-refractivity contribution is 7.92. The molecule has 0 spiro atoms. The fourth-order valence-electron chi connectivity index (χ4n) is 2.87. The highest BCUT2D eigenvalue weighted by atomic mass is 32.2. The van der Waals surface area contributed by atoms with E-state index in [1.807, 2.05) is 25.1 Å². The van der Waals surface area contributed by atoms with Gasteiger partial charge in [0, 0.05) is 25.9 Å². The van der Waals surface area contributed by atoms with Crippen molar-refractivity contribution < 1.29 is 13.2 Å². The van der Waals surface area contributed by atoms with Crippen molar-refractivity contribution in [3.8, 4) is 0 Å². The minimum absolute atomic E-state index is 0.181. The van der Waals surface area contributed by atoms with Gasteiger partial charge >= 0.3 is 0 Å². The predicted octanol–water partition coefficient (Wildman–Crippen LogP) is 2.89. The first kappa shape index (κ1) is 17.7. The Balaban J connectivity index is 1.73. The molecule has 0 bridgehead atoms. The Morgan fingerprint density at radius 3 is 2.64 bits per heavy atom. The summed E-state index contributed by atoms with van der Waals surface area (Å²) in [5.74, 6) is 0.650. The van der Waals surface area contributed by atoms with Gasteiger partial charge in [0.25, 0.3) is 10.0 Å². The largest absolute Gasteiger partial charge is 0.376 e. The molecule has 0 unspecified atom stereocenters. The SMILES string of the molecule is CCN(c1ccccc1)S(=O)(=O)c1ccc(NC[C@H]2CCCO2)nc1. The minimum Gasteiger partial charge on any atom is -0.376 e. The van der Waals surface area contributed by atoms with Gasteiger partial charge in [0.1, 0.15) is 10.7 Å². The molecule has 3 rings (SSSR count). The zero-order valence-corrected chi connectivity index (χ0v) is 15.1. The molecule has 1 aromatic heterocycles. The average molecular weight is 361 g/mol. The number of aromatic nitrogens is 1. The number of sulfonamides is 1. The van der Waals surface area contributed by atoms with Gasteiger partial charge in [0.05, 0.1) is 11.8 Å². The van der Waals surface area contributed by atoms with Crippen molar-refractivity contribution in [3.63, 3.8) is 0 Å². The van der Waals surface area contributed by atoms with Crippen molar-refractivity contribution in [3.05, 3.63) is 48.7 Å². The summed E-state index contributed by atoms with van der Waals surface area (Å²) in [4.78, 5) is 4.43. The lowest BCUT2D eigenvalue weighted by molar-refractivity contribution is 0.120. The third kappa shape index (κ3) is 4.11. The molecule has 0 aliphatic carbocycles. The van der Waals surface area contributed by atoms with E-state index >= 15 is 0 Å². The van der Waals surface area contributed by atoms with Gasteiger partial charge < -0.3 is 10.1 Å². The van der Waals surface area contributed by atoms with Crippen LogP contribution in [0, 0.1) is 0 Å². The summed E-state index contributed by atoms with van der Waals surface area (Å²) >= 11 is 0. The van der Waals surface area contributed by atoms with E-state index < -0.39 is 10.0 Å². The molecule has 1 saturated heterocycles. The summed E-state index contributed by atoms with van der Waals surface area (Å²) in [5.41, 5.74) is 0.644. The number of ether oxygens (including phenoxy) is 1. The first-order valence-corrected chi connectivity index (χ1v) is 9.94. The average Bonchev–Trinajstić information content (AvgIpc) is 3.15. The maximum atomic E-state index is 12.9. The van der Waals surface area contributed by atoms with Crippen molar-refractivity contribution in [1.82, 2.24) is 4.98 Å². The summed E-state index contributed by atoms with van der Waals surface area (Å²) in [6.07, 6.45) is 3.74. The number of nitrogens with one attached hydrogen (secondary N) is 1. The topological polar surface area (TPSA) is 71.5 Å². The number of hydrogen-bond acceptors (Lipinski definition) is 5. The van der Waals surface area contributed by atoms with Crippen LogP contribution in [0.25, 0.3) is 0 Å². The Labute approximate surface area is 148 Å². The zero-order valence-electron chi connectivity index (χ0n) is 14.3. The molecule has 0 radical (unpaired) electrons. The Hall–Kier alpha value is -2.12. The molecule has 1 aliphatic rings. The molecule has 1 fully saturated rings. The van der Waals surface area contributed by atoms with Crippen LogP contribution in [0.1, 0.15) is 19.8 Å². The molecule has 1 aliphatic heterocycles. The van der Waals surface area contributed by atoms with Crippen LogP contribution in [-0.4, -0.2) is 39.2 Å². The van der Waals surface area contributed by atoms with Crippen LogP contribution in [0.4, 0.5) is 11.5 Å². The molecule has 1 atom stereocenters. The summed E-state index contributed by atoms with van der Waals surface area (Å²) in [6, 6.07) is 12.4. The number of pyridine rings is 1. The smallest absolute Gasteiger partial charge is 0.265 e. The highest BCUT2D eigenvalue weighted by Gasteiger charge is 2.24. The molecule has 1 aromatic carbocycles. The normalized spacial score (nSPS) is 17.4. The summed E-state index contributed by atoms with van der Waals surface area (Å²) in [6.45, 7) is 3.66. The quantitative estimate of drug-likeness (QED) is 0.821. The van der Waals surface area contributed by atoms with Gasteiger partial charge in [0.15, 0.2) is 0 Å². The number of rotatable bonds is 7. The van der Waals surface area contributed by atoms with E-state index in [0.29, 0.717) is 24.6 Å². The maximum absolute atomic E-state index is 12.9. The Kier molecular flexibility index (Phi) is 5.55. The van der Waals surface area contributed by atoms with Crippen molar-refractivity contribution in [2.75, 3.05) is 29.3 Å². The lowest BCUT2D eigenvalue weighted by Crippen LogP contribution is -2.30. The number of nitrogens with zero attached hydrogens (tertiary/aromatic N) is 2. The molecule has 0 amide bonds. The molecular weight excluding hydrogens is 338 g/mol. The third-order valence-electron chi connectivity index (χ3n) is 4.19. The molecule has 25 heavy (non-hydrogen) atoms. The van der Waals surface area contributed by atoms with Gasteiger partial charge in [-0.15, -0.1) is 0 Å². The lowest BCUT2D eigenvalue weighted by atomic mass is 10.2. The Morgan fingerprint density at radius 1 is 1.24 bits per heavy atom. The summed E-state index contributed by atoms with van der Waals surface area (Å²) in [5, 5.41) is 3.20. The minimum atomic E-state index is -3.63. The molecule has 134 valence electrons. The molecule has 7 heteroatoms. The van der Waals surface area contributed by atoms with E-state index in [1.165, 1.54) is 10.5 Å². The van der Waals surface area contributed by atoms with Crippen LogP contribution < -0.4 is 9.62 Å². The van der Waals surface area contributed by atoms with E-state index in [9.17, 15) is 8.42 Å². The first-order chi connectivity index (χ1) is 12.1. The first-order valence-electron chi connectivity index (χ1n) is 8.50. The van der Waals surface area contributed by atoms with E-state index in [-0.39, 0.29) is 11.0 Å². The van der Waals surface area contributed by atoms with Gasteiger partial charge in [-0.25, -0.2) is 13.4 Å². The summed E-state index contributed by atoms with van der Waals surface area (Å²) < 4.78 is 32.7. The van der Waals surface area contributed by atoms with Crippen molar-refractivity contribution in [2.45, 2.75) is 30.8 Å². The number of para-hydroxylation sites is 1. The highest BCUT2D eigenvalue weighted by Crippen LogP contribution is 2.23. The zero-order chi connectivity index (χ0) is 17.7. The Bertz CT molecular complexity index is 773. The fraction of sp³-hybridized carbons (Fsp3) is 0.389.